The quantitative estimate of drug-likeness (QED) is 0.784. The zero-order chi connectivity index (χ0) is 11.8. The second-order valence-electron chi connectivity index (χ2n) is 6.20. The van der Waals surface area contributed by atoms with Crippen molar-refractivity contribution in [1.82, 2.24) is 10.2 Å². The van der Waals surface area contributed by atoms with E-state index in [2.05, 4.69) is 10.2 Å². The van der Waals surface area contributed by atoms with Crippen LogP contribution < -0.4 is 5.32 Å². The molecule has 1 saturated heterocycles. The fourth-order valence-corrected chi connectivity index (χ4v) is 3.40. The summed E-state index contributed by atoms with van der Waals surface area (Å²) in [6.07, 6.45) is 6.41. The average molecular weight is 236 g/mol. The second kappa shape index (κ2) is 4.60. The molecule has 1 unspecified atom stereocenters. The lowest BCUT2D eigenvalue weighted by Gasteiger charge is -2.23. The van der Waals surface area contributed by atoms with Crippen LogP contribution in [-0.2, 0) is 4.79 Å². The molecular weight excluding hydrogens is 212 g/mol. The van der Waals surface area contributed by atoms with Gasteiger partial charge in [-0.05, 0) is 63.5 Å². The highest BCUT2D eigenvalue weighted by molar-refractivity contribution is 5.80. The Balaban J connectivity index is 1.58. The summed E-state index contributed by atoms with van der Waals surface area (Å²) in [5, 5.41) is 3.23. The number of carbonyl (C=O) groups excluding carboxylic acids is 1. The minimum atomic E-state index is 0.406. The maximum absolute atomic E-state index is 12.6. The Morgan fingerprint density at radius 3 is 2.41 bits per heavy atom. The van der Waals surface area contributed by atoms with Crippen molar-refractivity contribution in [3.63, 3.8) is 0 Å². The van der Waals surface area contributed by atoms with Gasteiger partial charge >= 0.3 is 0 Å². The largest absolute Gasteiger partial charge is 0.342 e. The maximum atomic E-state index is 12.6. The van der Waals surface area contributed by atoms with Crippen LogP contribution in [0.3, 0.4) is 0 Å². The van der Waals surface area contributed by atoms with Crippen molar-refractivity contribution in [2.75, 3.05) is 26.7 Å². The molecule has 96 valence electrons. The summed E-state index contributed by atoms with van der Waals surface area (Å²) in [4.78, 5) is 14.7. The van der Waals surface area contributed by atoms with Crippen molar-refractivity contribution in [2.24, 2.45) is 23.7 Å². The second-order valence-corrected chi connectivity index (χ2v) is 6.20. The van der Waals surface area contributed by atoms with Crippen LogP contribution in [0.15, 0.2) is 0 Å². The van der Waals surface area contributed by atoms with Crippen LogP contribution >= 0.6 is 0 Å². The van der Waals surface area contributed by atoms with Crippen molar-refractivity contribution in [1.29, 1.82) is 0 Å². The van der Waals surface area contributed by atoms with E-state index in [1.165, 1.54) is 32.1 Å². The zero-order valence-electron chi connectivity index (χ0n) is 10.8. The van der Waals surface area contributed by atoms with Gasteiger partial charge in [-0.25, -0.2) is 0 Å². The monoisotopic (exact) mass is 236 g/mol. The van der Waals surface area contributed by atoms with Crippen LogP contribution in [0.4, 0.5) is 0 Å². The van der Waals surface area contributed by atoms with E-state index in [1.807, 2.05) is 7.05 Å². The van der Waals surface area contributed by atoms with E-state index < -0.39 is 0 Å². The van der Waals surface area contributed by atoms with Crippen molar-refractivity contribution >= 4 is 5.91 Å². The fourth-order valence-electron chi connectivity index (χ4n) is 3.40. The van der Waals surface area contributed by atoms with E-state index in [1.54, 1.807) is 0 Å². The van der Waals surface area contributed by atoms with E-state index in [9.17, 15) is 4.79 Å². The molecule has 2 aliphatic carbocycles. The van der Waals surface area contributed by atoms with E-state index >= 15 is 0 Å². The van der Waals surface area contributed by atoms with Crippen molar-refractivity contribution < 1.29 is 4.79 Å². The summed E-state index contributed by atoms with van der Waals surface area (Å²) in [6.45, 7) is 3.05. The van der Waals surface area contributed by atoms with Gasteiger partial charge in [0.25, 0.3) is 0 Å². The van der Waals surface area contributed by atoms with Gasteiger partial charge in [0.05, 0.1) is 0 Å². The molecular formula is C14H24N2O. The molecule has 3 nitrogen and oxygen atoms in total. The molecule has 1 aliphatic heterocycles. The number of hydrogen-bond donors (Lipinski definition) is 1. The van der Waals surface area contributed by atoms with Gasteiger partial charge in [-0.15, -0.1) is 0 Å². The van der Waals surface area contributed by atoms with E-state index in [-0.39, 0.29) is 0 Å². The molecule has 0 bridgehead atoms. The molecule has 0 aromatic carbocycles. The molecule has 0 radical (unpaired) electrons. The molecule has 0 aromatic rings. The van der Waals surface area contributed by atoms with Crippen molar-refractivity contribution in [2.45, 2.75) is 32.1 Å². The van der Waals surface area contributed by atoms with Crippen molar-refractivity contribution in [3.05, 3.63) is 0 Å². The molecule has 1 atom stereocenters. The number of hydrogen-bond acceptors (Lipinski definition) is 2. The Kier molecular flexibility index (Phi) is 3.12. The Morgan fingerprint density at radius 2 is 1.88 bits per heavy atom. The van der Waals surface area contributed by atoms with Gasteiger partial charge in [-0.3, -0.25) is 4.79 Å². The number of amides is 1. The fraction of sp³-hybridized carbons (Fsp3) is 0.929. The smallest absolute Gasteiger partial charge is 0.226 e. The highest BCUT2D eigenvalue weighted by atomic mass is 16.2. The van der Waals surface area contributed by atoms with Crippen LogP contribution in [0.25, 0.3) is 0 Å². The van der Waals surface area contributed by atoms with Crippen LogP contribution in [0.5, 0.6) is 0 Å². The summed E-state index contributed by atoms with van der Waals surface area (Å²) in [7, 11) is 2.00. The minimum absolute atomic E-state index is 0.406. The lowest BCUT2D eigenvalue weighted by atomic mass is 9.96. The number of rotatable bonds is 5. The van der Waals surface area contributed by atoms with Crippen LogP contribution in [0.1, 0.15) is 32.1 Å². The van der Waals surface area contributed by atoms with Gasteiger partial charge in [0.15, 0.2) is 0 Å². The Bertz CT molecular complexity index is 285. The molecule has 17 heavy (non-hydrogen) atoms. The Hall–Kier alpha value is -0.570. The Morgan fingerprint density at radius 1 is 1.24 bits per heavy atom. The highest BCUT2D eigenvalue weighted by Gasteiger charge is 2.47. The lowest BCUT2D eigenvalue weighted by molar-refractivity contribution is -0.136. The van der Waals surface area contributed by atoms with Gasteiger partial charge in [0.1, 0.15) is 0 Å². The van der Waals surface area contributed by atoms with Gasteiger partial charge in [-0.2, -0.15) is 0 Å². The minimum Gasteiger partial charge on any atom is -0.342 e. The topological polar surface area (TPSA) is 32.3 Å². The van der Waals surface area contributed by atoms with Gasteiger partial charge < -0.3 is 10.2 Å². The molecule has 1 N–H and O–H groups in total. The van der Waals surface area contributed by atoms with Crippen molar-refractivity contribution in [3.8, 4) is 0 Å². The highest BCUT2D eigenvalue weighted by Crippen LogP contribution is 2.50. The maximum Gasteiger partial charge on any atom is 0.226 e. The first kappa shape index (κ1) is 11.5. The molecule has 3 aliphatic rings. The summed E-state index contributed by atoms with van der Waals surface area (Å²) in [5.74, 6) is 3.08. The van der Waals surface area contributed by atoms with Gasteiger partial charge in [0.2, 0.25) is 5.91 Å². The van der Waals surface area contributed by atoms with E-state index in [0.29, 0.717) is 17.7 Å². The number of likely N-dealkylation sites (tertiary alicyclic amines) is 1. The standard InChI is InChI=1S/C14H24N2O/c1-15-8-10-6-7-16(9-10)14(17)13(11-2-3-11)12-4-5-12/h10-13,15H,2-9H2,1H3. The molecule has 2 saturated carbocycles. The molecule has 3 heteroatoms. The third kappa shape index (κ3) is 2.49. The van der Waals surface area contributed by atoms with Crippen LogP contribution in [0.2, 0.25) is 0 Å². The predicted octanol–water partition coefficient (Wildman–Crippen LogP) is 1.49. The van der Waals surface area contributed by atoms with E-state index in [0.717, 1.165) is 31.5 Å². The predicted molar refractivity (Wildman–Crippen MR) is 67.6 cm³/mol. The third-order valence-electron chi connectivity index (χ3n) is 4.64. The summed E-state index contributed by atoms with van der Waals surface area (Å²) < 4.78 is 0. The first-order valence-electron chi connectivity index (χ1n) is 7.23. The molecule has 0 aromatic heterocycles. The number of nitrogens with zero attached hydrogens (tertiary/aromatic N) is 1. The summed E-state index contributed by atoms with van der Waals surface area (Å²) in [6, 6.07) is 0. The number of carbonyl (C=O) groups is 1. The SMILES string of the molecule is CNCC1CCN(C(=O)C(C2CC2)C2CC2)C1. The van der Waals surface area contributed by atoms with Gasteiger partial charge in [0, 0.05) is 19.0 Å². The Labute approximate surface area is 104 Å². The first-order valence-corrected chi connectivity index (χ1v) is 7.23. The zero-order valence-corrected chi connectivity index (χ0v) is 10.8. The first-order chi connectivity index (χ1) is 8.29. The van der Waals surface area contributed by atoms with Crippen LogP contribution in [-0.4, -0.2) is 37.5 Å². The lowest BCUT2D eigenvalue weighted by Crippen LogP contribution is -2.37. The summed E-state index contributed by atoms with van der Waals surface area (Å²) in [5.41, 5.74) is 0. The number of nitrogens with one attached hydrogen (secondary N) is 1. The molecule has 3 fully saturated rings. The summed E-state index contributed by atoms with van der Waals surface area (Å²) >= 11 is 0. The third-order valence-corrected chi connectivity index (χ3v) is 4.64. The molecule has 1 amide bonds. The molecule has 3 rings (SSSR count). The average Bonchev–Trinajstić information content (AvgIpc) is 3.23. The van der Waals surface area contributed by atoms with E-state index in [4.69, 9.17) is 0 Å². The molecule has 1 heterocycles. The normalized spacial score (nSPS) is 29.1. The van der Waals surface area contributed by atoms with Crippen LogP contribution in [0, 0.1) is 23.7 Å². The van der Waals surface area contributed by atoms with Gasteiger partial charge in [-0.1, -0.05) is 0 Å². The molecule has 0 spiro atoms.